The van der Waals surface area contributed by atoms with Crippen molar-refractivity contribution < 1.29 is 0 Å². The van der Waals surface area contributed by atoms with Gasteiger partial charge in [0.25, 0.3) is 5.56 Å². The van der Waals surface area contributed by atoms with Crippen LogP contribution in [0, 0.1) is 6.92 Å². The Balaban J connectivity index is 2.38. The number of hydrogen-bond donors (Lipinski definition) is 0. The molecule has 0 aliphatic carbocycles. The zero-order chi connectivity index (χ0) is 15.7. The minimum atomic E-state index is -0.0111. The number of benzene rings is 2. The predicted molar refractivity (Wildman–Crippen MR) is 93.1 cm³/mol. The number of aromatic nitrogens is 2. The third-order valence-corrected chi connectivity index (χ3v) is 4.40. The maximum Gasteiger partial charge on any atom is 0.266 e. The zero-order valence-corrected chi connectivity index (χ0v) is 13.7. The molecule has 1 aromatic heterocycles. The van der Waals surface area contributed by atoms with E-state index in [2.05, 4.69) is 13.8 Å². The largest absolute Gasteiger partial charge is 0.268 e. The summed E-state index contributed by atoms with van der Waals surface area (Å²) in [5.41, 5.74) is 2.70. The van der Waals surface area contributed by atoms with Crippen LogP contribution in [0.25, 0.3) is 16.6 Å². The molecule has 112 valence electrons. The molecule has 0 fully saturated rings. The predicted octanol–water partition coefficient (Wildman–Crippen LogP) is 4.19. The first-order chi connectivity index (χ1) is 10.6. The van der Waals surface area contributed by atoms with Gasteiger partial charge in [-0.2, -0.15) is 0 Å². The van der Waals surface area contributed by atoms with Crippen LogP contribution < -0.4 is 5.56 Å². The van der Waals surface area contributed by atoms with Gasteiger partial charge in [-0.3, -0.25) is 9.36 Å². The molecule has 0 saturated carbocycles. The molecule has 0 atom stereocenters. The van der Waals surface area contributed by atoms with Crippen molar-refractivity contribution in [2.24, 2.45) is 0 Å². The summed E-state index contributed by atoms with van der Waals surface area (Å²) in [4.78, 5) is 17.7. The van der Waals surface area contributed by atoms with E-state index in [0.29, 0.717) is 10.6 Å². The van der Waals surface area contributed by atoms with E-state index in [4.69, 9.17) is 4.98 Å². The molecule has 2 aromatic carbocycles. The number of aryl methyl sites for hydroxylation is 1. The second-order valence-electron chi connectivity index (χ2n) is 5.51. The Kier molecular flexibility index (Phi) is 4.03. The van der Waals surface area contributed by atoms with Crippen molar-refractivity contribution in [2.45, 2.75) is 31.2 Å². The van der Waals surface area contributed by atoms with Gasteiger partial charge in [0.1, 0.15) is 0 Å². The maximum absolute atomic E-state index is 13.0. The van der Waals surface area contributed by atoms with Gasteiger partial charge in [-0.05, 0) is 30.7 Å². The lowest BCUT2D eigenvalue weighted by molar-refractivity contribution is 0.810. The fourth-order valence-corrected chi connectivity index (χ4v) is 3.29. The van der Waals surface area contributed by atoms with Gasteiger partial charge < -0.3 is 0 Å². The van der Waals surface area contributed by atoms with Gasteiger partial charge in [-0.1, -0.05) is 55.9 Å². The average molecular weight is 310 g/mol. The Morgan fingerprint density at radius 3 is 2.45 bits per heavy atom. The molecule has 0 unspecified atom stereocenters. The Bertz CT molecular complexity index is 884. The highest BCUT2D eigenvalue weighted by molar-refractivity contribution is 7.99. The van der Waals surface area contributed by atoms with E-state index in [1.807, 2.05) is 55.5 Å². The molecule has 0 aliphatic rings. The lowest BCUT2D eigenvalue weighted by Crippen LogP contribution is -2.22. The van der Waals surface area contributed by atoms with E-state index >= 15 is 0 Å². The molecule has 0 bridgehead atoms. The molecule has 3 aromatic rings. The van der Waals surface area contributed by atoms with Crippen molar-refractivity contribution in [3.8, 4) is 5.69 Å². The number of nitrogens with zero attached hydrogens (tertiary/aromatic N) is 2. The topological polar surface area (TPSA) is 34.9 Å². The Hall–Kier alpha value is -2.07. The molecule has 0 spiro atoms. The molecule has 3 rings (SSSR count). The van der Waals surface area contributed by atoms with E-state index in [1.165, 1.54) is 0 Å². The first-order valence-corrected chi connectivity index (χ1v) is 8.20. The number of para-hydroxylation sites is 2. The molecule has 3 nitrogen and oxygen atoms in total. The standard InChI is InChI=1S/C18H18N2OS/c1-12(2)22-18-19-15-10-6-5-9-14(15)17(21)20(18)16-11-7-4-8-13(16)3/h4-12H,1-3H3. The summed E-state index contributed by atoms with van der Waals surface area (Å²) >= 11 is 1.61. The minimum Gasteiger partial charge on any atom is -0.268 e. The quantitative estimate of drug-likeness (QED) is 0.537. The van der Waals surface area contributed by atoms with E-state index in [-0.39, 0.29) is 5.56 Å². The molecule has 22 heavy (non-hydrogen) atoms. The normalized spacial score (nSPS) is 11.3. The molecular formula is C18H18N2OS. The van der Waals surface area contributed by atoms with Gasteiger partial charge in [0.05, 0.1) is 16.6 Å². The van der Waals surface area contributed by atoms with Crippen molar-refractivity contribution in [1.82, 2.24) is 9.55 Å². The summed E-state index contributed by atoms with van der Waals surface area (Å²) in [5.74, 6) is 0. The maximum atomic E-state index is 13.0. The highest BCUT2D eigenvalue weighted by Crippen LogP contribution is 2.25. The average Bonchev–Trinajstić information content (AvgIpc) is 2.48. The van der Waals surface area contributed by atoms with Crippen LogP contribution in [0.5, 0.6) is 0 Å². The van der Waals surface area contributed by atoms with Gasteiger partial charge in [-0.15, -0.1) is 0 Å². The first-order valence-electron chi connectivity index (χ1n) is 7.32. The van der Waals surface area contributed by atoms with Gasteiger partial charge >= 0.3 is 0 Å². The van der Waals surface area contributed by atoms with Gasteiger partial charge in [-0.25, -0.2) is 4.98 Å². The molecule has 0 saturated heterocycles. The van der Waals surface area contributed by atoms with Crippen LogP contribution in [0.3, 0.4) is 0 Å². The van der Waals surface area contributed by atoms with E-state index in [0.717, 1.165) is 21.9 Å². The van der Waals surface area contributed by atoms with Gasteiger partial charge in [0.15, 0.2) is 5.16 Å². The summed E-state index contributed by atoms with van der Waals surface area (Å²) in [5, 5.41) is 1.75. The molecule has 0 N–H and O–H groups in total. The van der Waals surface area contributed by atoms with Crippen molar-refractivity contribution in [3.63, 3.8) is 0 Å². The van der Waals surface area contributed by atoms with E-state index in [9.17, 15) is 4.79 Å². The van der Waals surface area contributed by atoms with Crippen molar-refractivity contribution in [2.75, 3.05) is 0 Å². The number of thioether (sulfide) groups is 1. The zero-order valence-electron chi connectivity index (χ0n) is 12.9. The third kappa shape index (κ3) is 2.66. The Morgan fingerprint density at radius 2 is 1.73 bits per heavy atom. The highest BCUT2D eigenvalue weighted by Gasteiger charge is 2.15. The lowest BCUT2D eigenvalue weighted by Gasteiger charge is -2.16. The molecule has 0 aliphatic heterocycles. The lowest BCUT2D eigenvalue weighted by atomic mass is 10.2. The van der Waals surface area contributed by atoms with Crippen molar-refractivity contribution >= 4 is 22.7 Å². The fourth-order valence-electron chi connectivity index (χ4n) is 2.43. The third-order valence-electron chi connectivity index (χ3n) is 3.44. The molecule has 0 amide bonds. The fraction of sp³-hybridized carbons (Fsp3) is 0.222. The second-order valence-corrected chi connectivity index (χ2v) is 7.05. The first kappa shape index (κ1) is 14.9. The summed E-state index contributed by atoms with van der Waals surface area (Å²) in [7, 11) is 0. The van der Waals surface area contributed by atoms with Gasteiger partial charge in [0.2, 0.25) is 0 Å². The van der Waals surface area contributed by atoms with Crippen LogP contribution in [0.2, 0.25) is 0 Å². The monoisotopic (exact) mass is 310 g/mol. The highest BCUT2D eigenvalue weighted by atomic mass is 32.2. The smallest absolute Gasteiger partial charge is 0.266 e. The summed E-state index contributed by atoms with van der Waals surface area (Å²) < 4.78 is 1.74. The molecule has 0 radical (unpaired) electrons. The molecule has 1 heterocycles. The van der Waals surface area contributed by atoms with Crippen LogP contribution >= 0.6 is 11.8 Å². The minimum absolute atomic E-state index is 0.0111. The van der Waals surface area contributed by atoms with Crippen molar-refractivity contribution in [3.05, 3.63) is 64.4 Å². The van der Waals surface area contributed by atoms with Crippen LogP contribution in [0.4, 0.5) is 0 Å². The summed E-state index contributed by atoms with van der Waals surface area (Å²) in [6, 6.07) is 15.4. The Morgan fingerprint density at radius 1 is 1.05 bits per heavy atom. The van der Waals surface area contributed by atoms with Crippen LogP contribution in [0.1, 0.15) is 19.4 Å². The van der Waals surface area contributed by atoms with Gasteiger partial charge in [0, 0.05) is 5.25 Å². The van der Waals surface area contributed by atoms with Crippen LogP contribution in [0.15, 0.2) is 58.5 Å². The van der Waals surface area contributed by atoms with E-state index < -0.39 is 0 Å². The second kappa shape index (κ2) is 5.97. The summed E-state index contributed by atoms with van der Waals surface area (Å²) in [6.45, 7) is 6.23. The number of hydrogen-bond acceptors (Lipinski definition) is 3. The van der Waals surface area contributed by atoms with Crippen LogP contribution in [-0.2, 0) is 0 Å². The molecular weight excluding hydrogens is 292 g/mol. The number of fused-ring (bicyclic) bond motifs is 1. The van der Waals surface area contributed by atoms with Crippen molar-refractivity contribution in [1.29, 1.82) is 0 Å². The number of rotatable bonds is 3. The Labute approximate surface area is 134 Å². The van der Waals surface area contributed by atoms with E-state index in [1.54, 1.807) is 16.3 Å². The molecule has 4 heteroatoms. The summed E-state index contributed by atoms with van der Waals surface area (Å²) in [6.07, 6.45) is 0. The SMILES string of the molecule is Cc1ccccc1-n1c(SC(C)C)nc2ccccc2c1=O. The van der Waals surface area contributed by atoms with Crippen LogP contribution in [-0.4, -0.2) is 14.8 Å².